The van der Waals surface area contributed by atoms with E-state index in [0.29, 0.717) is 0 Å². The monoisotopic (exact) mass is 164 g/mol. The second kappa shape index (κ2) is 4.78. The van der Waals surface area contributed by atoms with Crippen molar-refractivity contribution in [3.05, 3.63) is 35.9 Å². The summed E-state index contributed by atoms with van der Waals surface area (Å²) in [6, 6.07) is 9.97. The Hall–Kier alpha value is -0.980. The van der Waals surface area contributed by atoms with Crippen LogP contribution in [-0.2, 0) is 6.54 Å². The number of rotatable bonds is 3. The van der Waals surface area contributed by atoms with Gasteiger partial charge in [-0.25, -0.2) is 4.72 Å². The number of thiocyanates is 1. The first-order valence-corrected chi connectivity index (χ1v) is 4.07. The van der Waals surface area contributed by atoms with Gasteiger partial charge in [0, 0.05) is 18.5 Å². The summed E-state index contributed by atoms with van der Waals surface area (Å²) in [5.41, 5.74) is 1.19. The fraction of sp³-hybridized carbons (Fsp3) is 0.125. The highest BCUT2D eigenvalue weighted by atomic mass is 32.2. The van der Waals surface area contributed by atoms with Crippen LogP contribution in [-0.4, -0.2) is 0 Å². The molecule has 56 valence electrons. The van der Waals surface area contributed by atoms with Crippen LogP contribution in [0, 0.1) is 10.7 Å². The summed E-state index contributed by atoms with van der Waals surface area (Å²) in [6.45, 7) is 0.735. The molecule has 0 saturated carbocycles. The summed E-state index contributed by atoms with van der Waals surface area (Å²) in [5.74, 6) is 0. The van der Waals surface area contributed by atoms with Crippen molar-refractivity contribution >= 4 is 11.9 Å². The molecule has 3 heteroatoms. The predicted octanol–water partition coefficient (Wildman–Crippen LogP) is 1.91. The number of nitrogens with one attached hydrogen (secondary N) is 1. The van der Waals surface area contributed by atoms with E-state index in [2.05, 4.69) is 4.72 Å². The summed E-state index contributed by atoms with van der Waals surface area (Å²) in [6.07, 6.45) is 0. The van der Waals surface area contributed by atoms with Crippen molar-refractivity contribution in [1.82, 2.24) is 4.72 Å². The van der Waals surface area contributed by atoms with Gasteiger partial charge < -0.3 is 0 Å². The first-order chi connectivity index (χ1) is 5.43. The average Bonchev–Trinajstić information content (AvgIpc) is 2.07. The molecule has 0 bridgehead atoms. The summed E-state index contributed by atoms with van der Waals surface area (Å²) in [5, 5.41) is 10.1. The number of benzene rings is 1. The third-order valence-corrected chi connectivity index (χ3v) is 1.62. The van der Waals surface area contributed by atoms with Crippen molar-refractivity contribution in [2.24, 2.45) is 0 Å². The highest BCUT2D eigenvalue weighted by Gasteiger charge is 1.88. The van der Waals surface area contributed by atoms with E-state index >= 15 is 0 Å². The summed E-state index contributed by atoms with van der Waals surface area (Å²) < 4.78 is 2.91. The molecule has 1 N–H and O–H groups in total. The van der Waals surface area contributed by atoms with Gasteiger partial charge in [0.1, 0.15) is 5.40 Å². The molecule has 0 spiro atoms. The van der Waals surface area contributed by atoms with Crippen LogP contribution in [0.25, 0.3) is 0 Å². The molecular weight excluding hydrogens is 156 g/mol. The van der Waals surface area contributed by atoms with Gasteiger partial charge in [-0.15, -0.1) is 0 Å². The Morgan fingerprint density at radius 2 is 2.09 bits per heavy atom. The lowest BCUT2D eigenvalue weighted by Gasteiger charge is -1.97. The zero-order valence-corrected chi connectivity index (χ0v) is 6.77. The average molecular weight is 164 g/mol. The fourth-order valence-electron chi connectivity index (χ4n) is 0.748. The molecule has 0 radical (unpaired) electrons. The van der Waals surface area contributed by atoms with E-state index in [1.54, 1.807) is 0 Å². The van der Waals surface area contributed by atoms with Crippen LogP contribution >= 0.6 is 11.9 Å². The normalized spacial score (nSPS) is 9.00. The van der Waals surface area contributed by atoms with Crippen molar-refractivity contribution in [3.8, 4) is 5.40 Å². The summed E-state index contributed by atoms with van der Waals surface area (Å²) >= 11 is 1.06. The molecule has 0 aliphatic carbocycles. The van der Waals surface area contributed by atoms with Crippen molar-refractivity contribution in [3.63, 3.8) is 0 Å². The Balaban J connectivity index is 2.35. The van der Waals surface area contributed by atoms with Crippen LogP contribution in [0.5, 0.6) is 0 Å². The van der Waals surface area contributed by atoms with Gasteiger partial charge in [0.25, 0.3) is 0 Å². The van der Waals surface area contributed by atoms with E-state index in [1.165, 1.54) is 5.56 Å². The van der Waals surface area contributed by atoms with Gasteiger partial charge in [-0.05, 0) is 5.56 Å². The number of hydrogen-bond acceptors (Lipinski definition) is 3. The minimum Gasteiger partial charge on any atom is -0.247 e. The lowest BCUT2D eigenvalue weighted by molar-refractivity contribution is 0.981. The van der Waals surface area contributed by atoms with Crippen LogP contribution in [0.2, 0.25) is 0 Å². The van der Waals surface area contributed by atoms with Crippen molar-refractivity contribution < 1.29 is 0 Å². The van der Waals surface area contributed by atoms with Crippen LogP contribution in [0.4, 0.5) is 0 Å². The SMILES string of the molecule is N#CSNCc1ccccc1. The molecule has 0 atom stereocenters. The van der Waals surface area contributed by atoms with Gasteiger partial charge in [0.2, 0.25) is 0 Å². The molecule has 0 fully saturated rings. The maximum absolute atomic E-state index is 8.19. The van der Waals surface area contributed by atoms with Crippen molar-refractivity contribution in [1.29, 1.82) is 5.26 Å². The molecule has 0 heterocycles. The Labute approximate surface area is 70.4 Å². The maximum Gasteiger partial charge on any atom is 0.149 e. The summed E-state index contributed by atoms with van der Waals surface area (Å²) in [7, 11) is 0. The molecule has 1 rings (SSSR count). The number of hydrogen-bond donors (Lipinski definition) is 1. The highest BCUT2D eigenvalue weighted by molar-refractivity contribution is 8.01. The minimum atomic E-state index is 0.735. The third kappa shape index (κ3) is 3.08. The van der Waals surface area contributed by atoms with Gasteiger partial charge >= 0.3 is 0 Å². The molecule has 1 aromatic rings. The first-order valence-electron chi connectivity index (χ1n) is 3.25. The Morgan fingerprint density at radius 1 is 1.36 bits per heavy atom. The second-order valence-corrected chi connectivity index (χ2v) is 2.68. The van der Waals surface area contributed by atoms with Crippen LogP contribution in [0.1, 0.15) is 5.56 Å². The van der Waals surface area contributed by atoms with Gasteiger partial charge in [0.05, 0.1) is 0 Å². The molecule has 0 aromatic heterocycles. The molecular formula is C8H8N2S. The van der Waals surface area contributed by atoms with Gasteiger partial charge in [0.15, 0.2) is 0 Å². The first kappa shape index (κ1) is 8.12. The largest absolute Gasteiger partial charge is 0.247 e. The van der Waals surface area contributed by atoms with Crippen LogP contribution < -0.4 is 4.72 Å². The molecule has 0 amide bonds. The Morgan fingerprint density at radius 3 is 2.73 bits per heavy atom. The van der Waals surface area contributed by atoms with E-state index in [1.807, 2.05) is 35.7 Å². The number of nitrogens with zero attached hydrogens (tertiary/aromatic N) is 1. The predicted molar refractivity (Wildman–Crippen MR) is 46.5 cm³/mol. The highest BCUT2D eigenvalue weighted by Crippen LogP contribution is 1.99. The molecule has 0 unspecified atom stereocenters. The lowest BCUT2D eigenvalue weighted by Crippen LogP contribution is -2.00. The van der Waals surface area contributed by atoms with Gasteiger partial charge in [-0.2, -0.15) is 5.26 Å². The molecule has 0 aliphatic heterocycles. The standard InChI is InChI=1S/C8H8N2S/c9-7-11-10-6-8-4-2-1-3-5-8/h1-5,10H,6H2. The number of nitriles is 1. The quantitative estimate of drug-likeness (QED) is 0.421. The zero-order valence-electron chi connectivity index (χ0n) is 5.95. The lowest BCUT2D eigenvalue weighted by atomic mass is 10.2. The van der Waals surface area contributed by atoms with E-state index in [9.17, 15) is 0 Å². The van der Waals surface area contributed by atoms with Crippen LogP contribution in [0.3, 0.4) is 0 Å². The van der Waals surface area contributed by atoms with E-state index in [0.717, 1.165) is 18.5 Å². The van der Waals surface area contributed by atoms with E-state index in [-0.39, 0.29) is 0 Å². The van der Waals surface area contributed by atoms with Crippen molar-refractivity contribution in [2.75, 3.05) is 0 Å². The van der Waals surface area contributed by atoms with E-state index < -0.39 is 0 Å². The van der Waals surface area contributed by atoms with Gasteiger partial charge in [-0.3, -0.25) is 0 Å². The fourth-order valence-corrected chi connectivity index (χ4v) is 1.05. The van der Waals surface area contributed by atoms with Crippen molar-refractivity contribution in [2.45, 2.75) is 6.54 Å². The smallest absolute Gasteiger partial charge is 0.149 e. The molecule has 1 aromatic carbocycles. The molecule has 0 saturated heterocycles. The van der Waals surface area contributed by atoms with Crippen LogP contribution in [0.15, 0.2) is 30.3 Å². The third-order valence-electron chi connectivity index (χ3n) is 1.24. The Kier molecular flexibility index (Phi) is 3.53. The van der Waals surface area contributed by atoms with E-state index in [4.69, 9.17) is 5.26 Å². The topological polar surface area (TPSA) is 35.8 Å². The summed E-state index contributed by atoms with van der Waals surface area (Å²) in [4.78, 5) is 0. The molecule has 2 nitrogen and oxygen atoms in total. The minimum absolute atomic E-state index is 0.735. The Bertz CT molecular complexity index is 240. The maximum atomic E-state index is 8.19. The molecule has 11 heavy (non-hydrogen) atoms. The zero-order chi connectivity index (χ0) is 7.94. The second-order valence-electron chi connectivity index (χ2n) is 2.00. The molecule has 0 aliphatic rings. The van der Waals surface area contributed by atoms with Gasteiger partial charge in [-0.1, -0.05) is 30.3 Å².